The molecule has 0 atom stereocenters. The van der Waals surface area contributed by atoms with E-state index in [4.69, 9.17) is 0 Å². The van der Waals surface area contributed by atoms with Crippen LogP contribution in [0.2, 0.25) is 0 Å². The highest BCUT2D eigenvalue weighted by Crippen LogP contribution is 2.14. The monoisotopic (exact) mass is 267 g/mol. The number of carbonyl (C=O) groups excluding carboxylic acids is 1. The highest BCUT2D eigenvalue weighted by Gasteiger charge is 2.09. The topological polar surface area (TPSA) is 53.5 Å². The van der Waals surface area contributed by atoms with Crippen molar-refractivity contribution < 1.29 is 9.18 Å². The van der Waals surface area contributed by atoms with Crippen LogP contribution in [-0.2, 0) is 4.79 Å². The van der Waals surface area contributed by atoms with Crippen LogP contribution in [0.3, 0.4) is 0 Å². The van der Waals surface area contributed by atoms with Crippen molar-refractivity contribution in [3.05, 3.63) is 29.6 Å². The first-order valence-corrected chi connectivity index (χ1v) is 6.61. The average molecular weight is 267 g/mol. The number of carbonyl (C=O) groups is 1. The fourth-order valence-corrected chi connectivity index (χ4v) is 2.20. The third-order valence-corrected chi connectivity index (χ3v) is 3.39. The van der Waals surface area contributed by atoms with E-state index in [0.717, 1.165) is 18.3 Å². The van der Waals surface area contributed by atoms with E-state index in [1.165, 1.54) is 17.8 Å². The summed E-state index contributed by atoms with van der Waals surface area (Å²) in [6.45, 7) is 3.26. The first-order valence-electron chi connectivity index (χ1n) is 5.62. The van der Waals surface area contributed by atoms with E-state index in [9.17, 15) is 9.18 Å². The smallest absolute Gasteiger partial charge is 0.234 e. The number of nitrogens with one attached hydrogen (secondary N) is 2. The van der Waals surface area contributed by atoms with Crippen molar-refractivity contribution >= 4 is 28.5 Å². The highest BCUT2D eigenvalue weighted by molar-refractivity contribution is 8.14. The molecule has 1 aromatic carbocycles. The summed E-state index contributed by atoms with van der Waals surface area (Å²) in [4.78, 5) is 15.8. The van der Waals surface area contributed by atoms with Crippen LogP contribution in [0.4, 0.5) is 10.1 Å². The Balaban J connectivity index is 1.84. The number of amides is 1. The van der Waals surface area contributed by atoms with Crippen LogP contribution in [-0.4, -0.2) is 29.9 Å². The third-order valence-electron chi connectivity index (χ3n) is 2.44. The van der Waals surface area contributed by atoms with Gasteiger partial charge in [0.05, 0.1) is 12.3 Å². The molecule has 0 aliphatic carbocycles. The molecule has 0 bridgehead atoms. The highest BCUT2D eigenvalue weighted by atomic mass is 32.2. The van der Waals surface area contributed by atoms with Crippen molar-refractivity contribution in [3.63, 3.8) is 0 Å². The molecule has 0 aromatic heterocycles. The first-order chi connectivity index (χ1) is 8.65. The quantitative estimate of drug-likeness (QED) is 0.877. The zero-order chi connectivity index (χ0) is 13.0. The Labute approximate surface area is 109 Å². The molecule has 2 N–H and O–H groups in total. The molecular weight excluding hydrogens is 253 g/mol. The van der Waals surface area contributed by atoms with E-state index >= 15 is 0 Å². The van der Waals surface area contributed by atoms with E-state index in [1.54, 1.807) is 19.1 Å². The van der Waals surface area contributed by atoms with Crippen LogP contribution < -0.4 is 10.6 Å². The lowest BCUT2D eigenvalue weighted by Crippen LogP contribution is -2.20. The molecular formula is C12H14FN3OS. The van der Waals surface area contributed by atoms with Gasteiger partial charge in [0.1, 0.15) is 5.82 Å². The molecule has 4 nitrogen and oxygen atoms in total. The molecule has 0 saturated heterocycles. The maximum atomic E-state index is 13.3. The summed E-state index contributed by atoms with van der Waals surface area (Å²) in [5, 5.41) is 6.51. The summed E-state index contributed by atoms with van der Waals surface area (Å²) in [6, 6.07) is 4.65. The number of nitrogens with zero attached hydrogens (tertiary/aromatic N) is 1. The summed E-state index contributed by atoms with van der Waals surface area (Å²) in [5.41, 5.74) is 1.04. The molecule has 0 spiro atoms. The Hall–Kier alpha value is -1.56. The van der Waals surface area contributed by atoms with Crippen molar-refractivity contribution in [2.75, 3.05) is 24.2 Å². The lowest BCUT2D eigenvalue weighted by atomic mass is 10.2. The van der Waals surface area contributed by atoms with Gasteiger partial charge in [-0.15, -0.1) is 0 Å². The van der Waals surface area contributed by atoms with Gasteiger partial charge in [-0.05, 0) is 24.6 Å². The summed E-state index contributed by atoms with van der Waals surface area (Å²) in [6.07, 6.45) is 0. The molecule has 0 unspecified atom stereocenters. The number of benzene rings is 1. The third kappa shape index (κ3) is 3.46. The van der Waals surface area contributed by atoms with Gasteiger partial charge in [0.25, 0.3) is 0 Å². The predicted molar refractivity (Wildman–Crippen MR) is 72.5 cm³/mol. The maximum Gasteiger partial charge on any atom is 0.234 e. The van der Waals surface area contributed by atoms with Gasteiger partial charge in [-0.1, -0.05) is 17.8 Å². The van der Waals surface area contributed by atoms with Gasteiger partial charge in [-0.25, -0.2) is 4.39 Å². The average Bonchev–Trinajstić information content (AvgIpc) is 2.84. The van der Waals surface area contributed by atoms with Gasteiger partial charge in [0.15, 0.2) is 5.17 Å². The lowest BCUT2D eigenvalue weighted by Gasteiger charge is -2.06. The van der Waals surface area contributed by atoms with E-state index in [-0.39, 0.29) is 17.5 Å². The molecule has 0 fully saturated rings. The number of hydrogen-bond donors (Lipinski definition) is 2. The van der Waals surface area contributed by atoms with Gasteiger partial charge in [0, 0.05) is 12.2 Å². The molecule has 1 aliphatic heterocycles. The predicted octanol–water partition coefficient (Wildman–Crippen LogP) is 1.77. The standard InChI is InChI=1S/C12H14FN3OS/c1-8-2-3-9(6-10(8)13)16-11(17)7-18-12-14-4-5-15-12/h2-3,6H,4-5,7H2,1H3,(H,14,15)(H,16,17). The maximum absolute atomic E-state index is 13.3. The number of thioether (sulfide) groups is 1. The summed E-state index contributed by atoms with van der Waals surface area (Å²) >= 11 is 1.35. The van der Waals surface area contributed by atoms with Crippen molar-refractivity contribution in [1.82, 2.24) is 5.32 Å². The Morgan fingerprint density at radius 1 is 1.61 bits per heavy atom. The number of aliphatic imine (C=N–C) groups is 1. The summed E-state index contributed by atoms with van der Waals surface area (Å²) < 4.78 is 13.3. The molecule has 1 amide bonds. The minimum absolute atomic E-state index is 0.167. The molecule has 6 heteroatoms. The number of halogens is 1. The molecule has 96 valence electrons. The molecule has 1 aliphatic rings. The lowest BCUT2D eigenvalue weighted by molar-refractivity contribution is -0.113. The fourth-order valence-electron chi connectivity index (χ4n) is 1.47. The molecule has 1 heterocycles. The number of hydrogen-bond acceptors (Lipinski definition) is 4. The van der Waals surface area contributed by atoms with Gasteiger partial charge in [-0.3, -0.25) is 9.79 Å². The van der Waals surface area contributed by atoms with Crippen molar-refractivity contribution in [2.45, 2.75) is 6.92 Å². The van der Waals surface area contributed by atoms with Crippen molar-refractivity contribution in [3.8, 4) is 0 Å². The molecule has 0 saturated carbocycles. The molecule has 0 radical (unpaired) electrons. The minimum atomic E-state index is -0.317. The molecule has 18 heavy (non-hydrogen) atoms. The zero-order valence-corrected chi connectivity index (χ0v) is 10.8. The van der Waals surface area contributed by atoms with Crippen LogP contribution in [0, 0.1) is 12.7 Å². The van der Waals surface area contributed by atoms with Crippen LogP contribution >= 0.6 is 11.8 Å². The van der Waals surface area contributed by atoms with Crippen molar-refractivity contribution in [1.29, 1.82) is 0 Å². The number of amidine groups is 1. The first kappa shape index (κ1) is 12.9. The fraction of sp³-hybridized carbons (Fsp3) is 0.333. The second kappa shape index (κ2) is 5.86. The number of rotatable bonds is 3. The zero-order valence-electron chi connectivity index (χ0n) is 10.00. The Morgan fingerprint density at radius 3 is 3.11 bits per heavy atom. The van der Waals surface area contributed by atoms with Crippen LogP contribution in [0.5, 0.6) is 0 Å². The number of anilines is 1. The van der Waals surface area contributed by atoms with E-state index in [2.05, 4.69) is 15.6 Å². The Morgan fingerprint density at radius 2 is 2.44 bits per heavy atom. The van der Waals surface area contributed by atoms with Crippen LogP contribution in [0.15, 0.2) is 23.2 Å². The van der Waals surface area contributed by atoms with Gasteiger partial charge in [-0.2, -0.15) is 0 Å². The van der Waals surface area contributed by atoms with Crippen LogP contribution in [0.1, 0.15) is 5.56 Å². The van der Waals surface area contributed by atoms with Gasteiger partial charge < -0.3 is 10.6 Å². The summed E-state index contributed by atoms with van der Waals surface area (Å²) in [5.74, 6) is -0.219. The molecule has 2 rings (SSSR count). The molecule has 1 aromatic rings. The van der Waals surface area contributed by atoms with Gasteiger partial charge in [0.2, 0.25) is 5.91 Å². The second-order valence-electron chi connectivity index (χ2n) is 3.91. The van der Waals surface area contributed by atoms with Crippen LogP contribution in [0.25, 0.3) is 0 Å². The normalized spacial score (nSPS) is 14.0. The van der Waals surface area contributed by atoms with E-state index in [1.807, 2.05) is 0 Å². The largest absolute Gasteiger partial charge is 0.363 e. The SMILES string of the molecule is Cc1ccc(NC(=O)CSC2=NCCN2)cc1F. The van der Waals surface area contributed by atoms with Crippen molar-refractivity contribution in [2.24, 2.45) is 4.99 Å². The summed E-state index contributed by atoms with van der Waals surface area (Å²) in [7, 11) is 0. The van der Waals surface area contributed by atoms with Gasteiger partial charge >= 0.3 is 0 Å². The minimum Gasteiger partial charge on any atom is -0.363 e. The Kier molecular flexibility index (Phi) is 4.19. The Bertz CT molecular complexity index is 490. The van der Waals surface area contributed by atoms with E-state index < -0.39 is 0 Å². The van der Waals surface area contributed by atoms with E-state index in [0.29, 0.717) is 11.3 Å². The second-order valence-corrected chi connectivity index (χ2v) is 4.88. The number of aryl methyl sites for hydroxylation is 1.